The van der Waals surface area contributed by atoms with Crippen LogP contribution in [0.25, 0.3) is 10.1 Å². The first-order valence-electron chi connectivity index (χ1n) is 6.06. The normalized spacial score (nSPS) is 12.3. The Morgan fingerprint density at radius 3 is 2.70 bits per heavy atom. The molecular formula is C14H15NO4S. The van der Waals surface area contributed by atoms with Crippen molar-refractivity contribution < 1.29 is 19.4 Å². The second-order valence-electron chi connectivity index (χ2n) is 4.32. The summed E-state index contributed by atoms with van der Waals surface area (Å²) in [6, 6.07) is 7.77. The minimum absolute atomic E-state index is 0.0572. The second-order valence-corrected chi connectivity index (χ2v) is 5.38. The number of carbonyl (C=O) groups excluding carboxylic acids is 1. The van der Waals surface area contributed by atoms with E-state index in [1.165, 1.54) is 18.4 Å². The van der Waals surface area contributed by atoms with Gasteiger partial charge in [-0.15, -0.1) is 11.3 Å². The number of amides is 1. The highest BCUT2D eigenvalue weighted by Crippen LogP contribution is 2.30. The van der Waals surface area contributed by atoms with E-state index in [0.29, 0.717) is 4.88 Å². The fraction of sp³-hybridized carbons (Fsp3) is 0.286. The van der Waals surface area contributed by atoms with Gasteiger partial charge in [0.05, 0.1) is 11.4 Å². The average molecular weight is 293 g/mol. The van der Waals surface area contributed by atoms with Crippen LogP contribution in [0.15, 0.2) is 24.3 Å². The standard InChI is InChI=1S/C14H15NO4S/c1-8-9-5-3-4-6-11(9)20-12(8)13(16)15-7-10(19-2)14(17)18/h3-6,10H,7H2,1-2H3,(H,15,16)(H,17,18). The molecule has 0 saturated carbocycles. The lowest BCUT2D eigenvalue weighted by Crippen LogP contribution is -2.37. The summed E-state index contributed by atoms with van der Waals surface area (Å²) in [7, 11) is 1.30. The largest absolute Gasteiger partial charge is 0.479 e. The van der Waals surface area contributed by atoms with Crippen molar-refractivity contribution in [1.82, 2.24) is 5.32 Å². The van der Waals surface area contributed by atoms with Gasteiger partial charge in [0.2, 0.25) is 0 Å². The summed E-state index contributed by atoms with van der Waals surface area (Å²) in [6.07, 6.45) is -1.03. The maximum Gasteiger partial charge on any atom is 0.334 e. The van der Waals surface area contributed by atoms with Gasteiger partial charge in [0, 0.05) is 11.8 Å². The molecule has 1 amide bonds. The van der Waals surface area contributed by atoms with E-state index in [1.54, 1.807) is 0 Å². The van der Waals surface area contributed by atoms with Gasteiger partial charge in [0.25, 0.3) is 5.91 Å². The van der Waals surface area contributed by atoms with E-state index in [9.17, 15) is 9.59 Å². The Hall–Kier alpha value is -1.92. The van der Waals surface area contributed by atoms with E-state index in [1.807, 2.05) is 31.2 Å². The Bertz CT molecular complexity index is 650. The van der Waals surface area contributed by atoms with Crippen molar-refractivity contribution in [2.45, 2.75) is 13.0 Å². The molecule has 0 fully saturated rings. The molecule has 0 aliphatic carbocycles. The number of carboxylic acid groups (broad SMARTS) is 1. The zero-order chi connectivity index (χ0) is 14.7. The van der Waals surface area contributed by atoms with Crippen LogP contribution in [-0.4, -0.2) is 36.7 Å². The molecule has 0 aliphatic rings. The van der Waals surface area contributed by atoms with Gasteiger partial charge in [-0.3, -0.25) is 4.79 Å². The summed E-state index contributed by atoms with van der Waals surface area (Å²) in [5, 5.41) is 12.5. The highest BCUT2D eigenvalue weighted by Gasteiger charge is 2.20. The third-order valence-electron chi connectivity index (χ3n) is 3.06. The number of aliphatic carboxylic acids is 1. The van der Waals surface area contributed by atoms with Crippen LogP contribution >= 0.6 is 11.3 Å². The fourth-order valence-electron chi connectivity index (χ4n) is 1.93. The Kier molecular flexibility index (Phi) is 4.36. The summed E-state index contributed by atoms with van der Waals surface area (Å²) < 4.78 is 5.81. The summed E-state index contributed by atoms with van der Waals surface area (Å²) in [5.74, 6) is -1.37. The number of benzene rings is 1. The molecule has 0 bridgehead atoms. The van der Waals surface area contributed by atoms with Gasteiger partial charge in [0.1, 0.15) is 0 Å². The van der Waals surface area contributed by atoms with E-state index in [0.717, 1.165) is 15.6 Å². The van der Waals surface area contributed by atoms with Crippen LogP contribution < -0.4 is 5.32 Å². The van der Waals surface area contributed by atoms with E-state index >= 15 is 0 Å². The fourth-order valence-corrected chi connectivity index (χ4v) is 3.05. The minimum atomic E-state index is -1.10. The highest BCUT2D eigenvalue weighted by atomic mass is 32.1. The minimum Gasteiger partial charge on any atom is -0.479 e. The van der Waals surface area contributed by atoms with Crippen LogP contribution in [0.1, 0.15) is 15.2 Å². The molecule has 2 aromatic rings. The van der Waals surface area contributed by atoms with Gasteiger partial charge in [-0.2, -0.15) is 0 Å². The van der Waals surface area contributed by atoms with Gasteiger partial charge in [0.15, 0.2) is 6.10 Å². The lowest BCUT2D eigenvalue weighted by atomic mass is 10.1. The lowest BCUT2D eigenvalue weighted by Gasteiger charge is -2.11. The highest BCUT2D eigenvalue weighted by molar-refractivity contribution is 7.21. The number of hydrogen-bond acceptors (Lipinski definition) is 4. The molecule has 0 aliphatic heterocycles. The van der Waals surface area contributed by atoms with Crippen molar-refractivity contribution in [3.05, 3.63) is 34.7 Å². The molecule has 1 atom stereocenters. The van der Waals surface area contributed by atoms with Gasteiger partial charge < -0.3 is 15.2 Å². The number of aryl methyl sites for hydroxylation is 1. The van der Waals surface area contributed by atoms with Crippen LogP contribution in [0.4, 0.5) is 0 Å². The van der Waals surface area contributed by atoms with E-state index < -0.39 is 12.1 Å². The second kappa shape index (κ2) is 6.02. The number of nitrogens with one attached hydrogen (secondary N) is 1. The van der Waals surface area contributed by atoms with E-state index in [4.69, 9.17) is 9.84 Å². The first kappa shape index (κ1) is 14.5. The van der Waals surface area contributed by atoms with Gasteiger partial charge in [-0.05, 0) is 23.9 Å². The van der Waals surface area contributed by atoms with Crippen molar-refractivity contribution in [1.29, 1.82) is 0 Å². The van der Waals surface area contributed by atoms with Crippen LogP contribution in [0.2, 0.25) is 0 Å². The molecule has 0 saturated heterocycles. The molecule has 106 valence electrons. The third-order valence-corrected chi connectivity index (χ3v) is 4.33. The molecule has 2 N–H and O–H groups in total. The number of carboxylic acids is 1. The molecule has 0 radical (unpaired) electrons. The first-order valence-corrected chi connectivity index (χ1v) is 6.88. The molecular weight excluding hydrogens is 278 g/mol. The van der Waals surface area contributed by atoms with Gasteiger partial charge >= 0.3 is 5.97 Å². The van der Waals surface area contributed by atoms with Crippen molar-refractivity contribution in [2.24, 2.45) is 0 Å². The Morgan fingerprint density at radius 2 is 2.10 bits per heavy atom. The monoisotopic (exact) mass is 293 g/mol. The number of carbonyl (C=O) groups is 2. The molecule has 2 rings (SSSR count). The molecule has 1 unspecified atom stereocenters. The number of ether oxygens (including phenoxy) is 1. The van der Waals surface area contributed by atoms with Crippen molar-refractivity contribution in [3.63, 3.8) is 0 Å². The molecule has 0 spiro atoms. The van der Waals surface area contributed by atoms with Crippen LogP contribution in [0.3, 0.4) is 0 Å². The average Bonchev–Trinajstić information content (AvgIpc) is 2.77. The van der Waals surface area contributed by atoms with E-state index in [-0.39, 0.29) is 12.5 Å². The van der Waals surface area contributed by atoms with Crippen molar-refractivity contribution in [2.75, 3.05) is 13.7 Å². The first-order chi connectivity index (χ1) is 9.54. The number of thiophene rings is 1. The topological polar surface area (TPSA) is 75.6 Å². The maximum atomic E-state index is 12.1. The zero-order valence-electron chi connectivity index (χ0n) is 11.2. The van der Waals surface area contributed by atoms with Gasteiger partial charge in [-0.1, -0.05) is 18.2 Å². The van der Waals surface area contributed by atoms with Crippen LogP contribution in [-0.2, 0) is 9.53 Å². The lowest BCUT2D eigenvalue weighted by molar-refractivity contribution is -0.147. The third kappa shape index (κ3) is 2.81. The molecule has 1 heterocycles. The molecule has 20 heavy (non-hydrogen) atoms. The predicted molar refractivity (Wildman–Crippen MR) is 77.3 cm³/mol. The Balaban J connectivity index is 2.15. The summed E-state index contributed by atoms with van der Waals surface area (Å²) in [6.45, 7) is 1.83. The molecule has 6 heteroatoms. The summed E-state index contributed by atoms with van der Waals surface area (Å²) in [4.78, 5) is 23.5. The Morgan fingerprint density at radius 1 is 1.40 bits per heavy atom. The number of rotatable bonds is 5. The zero-order valence-corrected chi connectivity index (χ0v) is 12.0. The summed E-state index contributed by atoms with van der Waals surface area (Å²) in [5.41, 5.74) is 0.910. The van der Waals surface area contributed by atoms with Gasteiger partial charge in [-0.25, -0.2) is 4.79 Å². The SMILES string of the molecule is COC(CNC(=O)c1sc2ccccc2c1C)C(=O)O. The molecule has 1 aromatic heterocycles. The van der Waals surface area contributed by atoms with Crippen molar-refractivity contribution >= 4 is 33.3 Å². The molecule has 5 nitrogen and oxygen atoms in total. The predicted octanol–water partition coefficient (Wildman–Crippen LogP) is 2.04. The number of methoxy groups -OCH3 is 1. The quantitative estimate of drug-likeness (QED) is 0.884. The van der Waals surface area contributed by atoms with Crippen LogP contribution in [0.5, 0.6) is 0 Å². The van der Waals surface area contributed by atoms with Crippen LogP contribution in [0, 0.1) is 6.92 Å². The Labute approximate surface area is 120 Å². The number of hydrogen-bond donors (Lipinski definition) is 2. The van der Waals surface area contributed by atoms with Crippen molar-refractivity contribution in [3.8, 4) is 0 Å². The smallest absolute Gasteiger partial charge is 0.334 e. The molecule has 1 aromatic carbocycles. The maximum absolute atomic E-state index is 12.1. The number of fused-ring (bicyclic) bond motifs is 1. The van der Waals surface area contributed by atoms with E-state index in [2.05, 4.69) is 5.32 Å². The summed E-state index contributed by atoms with van der Waals surface area (Å²) >= 11 is 1.40.